The van der Waals surface area contributed by atoms with E-state index in [0.29, 0.717) is 60.3 Å². The summed E-state index contributed by atoms with van der Waals surface area (Å²) in [6.45, 7) is 2.08. The molecule has 0 spiro atoms. The molecule has 0 aliphatic carbocycles. The number of carbonyl (C=O) groups excluding carboxylic acids is 2. The Balaban J connectivity index is 1.80. The van der Waals surface area contributed by atoms with Gasteiger partial charge in [-0.3, -0.25) is 9.59 Å². The van der Waals surface area contributed by atoms with E-state index in [0.717, 1.165) is 5.69 Å². The third kappa shape index (κ3) is 3.78. The van der Waals surface area contributed by atoms with Crippen LogP contribution in [0, 0.1) is 0 Å². The van der Waals surface area contributed by atoms with Crippen molar-refractivity contribution >= 4 is 28.8 Å². The topological polar surface area (TPSA) is 71.6 Å². The highest BCUT2D eigenvalue weighted by Gasteiger charge is 2.43. The van der Waals surface area contributed by atoms with Crippen molar-refractivity contribution in [1.29, 1.82) is 0 Å². The zero-order chi connectivity index (χ0) is 22.8. The molecule has 1 saturated heterocycles. The lowest BCUT2D eigenvalue weighted by Gasteiger charge is -2.29. The van der Waals surface area contributed by atoms with Gasteiger partial charge in [-0.05, 0) is 42.0 Å². The molecule has 8 heteroatoms. The van der Waals surface area contributed by atoms with Crippen LogP contribution < -0.4 is 19.3 Å². The molecule has 0 N–H and O–H groups in total. The van der Waals surface area contributed by atoms with E-state index in [1.54, 1.807) is 44.6 Å². The molecule has 2 aromatic rings. The van der Waals surface area contributed by atoms with Crippen molar-refractivity contribution in [3.8, 4) is 11.5 Å². The third-order valence-electron chi connectivity index (χ3n) is 5.68. The van der Waals surface area contributed by atoms with Crippen LogP contribution in [0.4, 0.5) is 11.4 Å². The van der Waals surface area contributed by atoms with Gasteiger partial charge in [0.25, 0.3) is 11.8 Å². The van der Waals surface area contributed by atoms with Crippen molar-refractivity contribution in [3.05, 3.63) is 53.7 Å². The van der Waals surface area contributed by atoms with Gasteiger partial charge in [0.1, 0.15) is 5.70 Å². The number of ether oxygens (including phenoxy) is 3. The van der Waals surface area contributed by atoms with E-state index in [1.165, 1.54) is 4.90 Å². The van der Waals surface area contributed by atoms with Crippen LogP contribution in [-0.2, 0) is 14.3 Å². The maximum Gasteiger partial charge on any atom is 0.282 e. The van der Waals surface area contributed by atoms with E-state index in [4.69, 9.17) is 14.2 Å². The molecule has 0 saturated carbocycles. The van der Waals surface area contributed by atoms with Gasteiger partial charge in [0.15, 0.2) is 11.5 Å². The standard InChI is InChI=1S/C24H27N3O5/c1-25(2)17-6-8-18(9-7-17)27-23(28)21(16-5-10-19(30-3)20(15-16)31-4)22(24(27)29)26-11-13-32-14-12-26/h5-10,15H,11-14H2,1-4H3. The zero-order valence-corrected chi connectivity index (χ0v) is 18.8. The Morgan fingerprint density at radius 3 is 2.12 bits per heavy atom. The number of nitrogens with zero attached hydrogens (tertiary/aromatic N) is 3. The number of rotatable bonds is 6. The fourth-order valence-corrected chi connectivity index (χ4v) is 3.98. The first-order valence-electron chi connectivity index (χ1n) is 10.4. The number of anilines is 2. The average Bonchev–Trinajstić information content (AvgIpc) is 3.09. The Kier molecular flexibility index (Phi) is 6.05. The van der Waals surface area contributed by atoms with Crippen LogP contribution in [0.15, 0.2) is 48.2 Å². The molecular formula is C24H27N3O5. The molecule has 2 heterocycles. The number of carbonyl (C=O) groups is 2. The summed E-state index contributed by atoms with van der Waals surface area (Å²) < 4.78 is 16.2. The summed E-state index contributed by atoms with van der Waals surface area (Å²) in [4.78, 5) is 32.4. The SMILES string of the molecule is COc1ccc(C2=C(N3CCOCC3)C(=O)N(c3ccc(N(C)C)cc3)C2=O)cc1OC. The molecule has 0 radical (unpaired) electrons. The normalized spacial score (nSPS) is 16.6. The minimum atomic E-state index is -0.360. The van der Waals surface area contributed by atoms with Gasteiger partial charge in [0.05, 0.1) is 38.7 Å². The molecule has 0 bridgehead atoms. The Labute approximate surface area is 187 Å². The van der Waals surface area contributed by atoms with Gasteiger partial charge in [-0.2, -0.15) is 0 Å². The van der Waals surface area contributed by atoms with Crippen LogP contribution in [-0.4, -0.2) is 71.3 Å². The molecule has 0 unspecified atom stereocenters. The maximum absolute atomic E-state index is 13.6. The lowest BCUT2D eigenvalue weighted by Crippen LogP contribution is -2.40. The van der Waals surface area contributed by atoms with Crippen molar-refractivity contribution in [2.45, 2.75) is 0 Å². The monoisotopic (exact) mass is 437 g/mol. The van der Waals surface area contributed by atoms with Crippen LogP contribution in [0.1, 0.15) is 5.56 Å². The van der Waals surface area contributed by atoms with E-state index in [-0.39, 0.29) is 11.8 Å². The largest absolute Gasteiger partial charge is 0.493 e. The van der Waals surface area contributed by atoms with E-state index in [1.807, 2.05) is 36.0 Å². The molecule has 168 valence electrons. The minimum absolute atomic E-state index is 0.334. The van der Waals surface area contributed by atoms with Gasteiger partial charge in [0.2, 0.25) is 0 Å². The lowest BCUT2D eigenvalue weighted by atomic mass is 10.0. The smallest absolute Gasteiger partial charge is 0.282 e. The second-order valence-corrected chi connectivity index (χ2v) is 7.75. The highest BCUT2D eigenvalue weighted by atomic mass is 16.5. The Bertz CT molecular complexity index is 1060. The molecular weight excluding hydrogens is 410 g/mol. The third-order valence-corrected chi connectivity index (χ3v) is 5.68. The van der Waals surface area contributed by atoms with Gasteiger partial charge in [-0.15, -0.1) is 0 Å². The summed E-state index contributed by atoms with van der Waals surface area (Å²) in [7, 11) is 6.97. The molecule has 2 amide bonds. The van der Waals surface area contributed by atoms with Crippen LogP contribution in [0.3, 0.4) is 0 Å². The van der Waals surface area contributed by atoms with Crippen molar-refractivity contribution < 1.29 is 23.8 Å². The fourth-order valence-electron chi connectivity index (χ4n) is 3.98. The second kappa shape index (κ2) is 8.92. The second-order valence-electron chi connectivity index (χ2n) is 7.75. The molecule has 0 atom stereocenters. The Morgan fingerprint density at radius 1 is 0.875 bits per heavy atom. The summed E-state index contributed by atoms with van der Waals surface area (Å²) in [6, 6.07) is 12.6. The molecule has 32 heavy (non-hydrogen) atoms. The Morgan fingerprint density at radius 2 is 1.53 bits per heavy atom. The van der Waals surface area contributed by atoms with Crippen molar-refractivity contribution in [2.75, 3.05) is 64.4 Å². The first-order chi connectivity index (χ1) is 15.5. The summed E-state index contributed by atoms with van der Waals surface area (Å²) in [6.07, 6.45) is 0. The number of hydrogen-bond donors (Lipinski definition) is 0. The average molecular weight is 437 g/mol. The molecule has 0 aromatic heterocycles. The quantitative estimate of drug-likeness (QED) is 0.643. The van der Waals surface area contributed by atoms with Crippen molar-refractivity contribution in [2.24, 2.45) is 0 Å². The highest BCUT2D eigenvalue weighted by Crippen LogP contribution is 2.38. The Hall–Kier alpha value is -3.52. The van der Waals surface area contributed by atoms with Crippen LogP contribution in [0.5, 0.6) is 11.5 Å². The van der Waals surface area contributed by atoms with E-state index >= 15 is 0 Å². The first-order valence-corrected chi connectivity index (χ1v) is 10.4. The zero-order valence-electron chi connectivity index (χ0n) is 18.8. The fraction of sp³-hybridized carbons (Fsp3) is 0.333. The lowest BCUT2D eigenvalue weighted by molar-refractivity contribution is -0.121. The van der Waals surface area contributed by atoms with E-state index in [9.17, 15) is 9.59 Å². The summed E-state index contributed by atoms with van der Waals surface area (Å²) in [5.74, 6) is 0.353. The number of amides is 2. The van der Waals surface area contributed by atoms with Gasteiger partial charge >= 0.3 is 0 Å². The van der Waals surface area contributed by atoms with Crippen LogP contribution >= 0.6 is 0 Å². The molecule has 2 aliphatic rings. The van der Waals surface area contributed by atoms with Gasteiger partial charge in [-0.25, -0.2) is 4.90 Å². The van der Waals surface area contributed by atoms with Crippen molar-refractivity contribution in [3.63, 3.8) is 0 Å². The van der Waals surface area contributed by atoms with Gasteiger partial charge < -0.3 is 24.0 Å². The molecule has 1 fully saturated rings. The number of morpholine rings is 1. The molecule has 4 rings (SSSR count). The summed E-state index contributed by atoms with van der Waals surface area (Å²) in [5, 5.41) is 0. The summed E-state index contributed by atoms with van der Waals surface area (Å²) >= 11 is 0. The van der Waals surface area contributed by atoms with E-state index < -0.39 is 0 Å². The first kappa shape index (κ1) is 21.7. The van der Waals surface area contributed by atoms with Crippen LogP contribution in [0.2, 0.25) is 0 Å². The molecule has 8 nitrogen and oxygen atoms in total. The predicted octanol–water partition coefficient (Wildman–Crippen LogP) is 2.39. The highest BCUT2D eigenvalue weighted by molar-refractivity contribution is 6.45. The predicted molar refractivity (Wildman–Crippen MR) is 122 cm³/mol. The number of imide groups is 1. The van der Waals surface area contributed by atoms with Crippen LogP contribution in [0.25, 0.3) is 5.57 Å². The van der Waals surface area contributed by atoms with E-state index in [2.05, 4.69) is 0 Å². The number of methoxy groups -OCH3 is 2. The summed E-state index contributed by atoms with van der Waals surface area (Å²) in [5.41, 5.74) is 2.87. The maximum atomic E-state index is 13.6. The molecule has 2 aromatic carbocycles. The minimum Gasteiger partial charge on any atom is -0.493 e. The number of benzene rings is 2. The van der Waals surface area contributed by atoms with Gasteiger partial charge in [0, 0.05) is 32.9 Å². The molecule has 2 aliphatic heterocycles. The van der Waals surface area contributed by atoms with Gasteiger partial charge in [-0.1, -0.05) is 6.07 Å². The van der Waals surface area contributed by atoms with Crippen molar-refractivity contribution in [1.82, 2.24) is 4.90 Å². The number of hydrogen-bond acceptors (Lipinski definition) is 7.